The number of piperazine rings is 1. The van der Waals surface area contributed by atoms with Gasteiger partial charge in [0.2, 0.25) is 0 Å². The van der Waals surface area contributed by atoms with Gasteiger partial charge in [-0.2, -0.15) is 0 Å². The Hall–Kier alpha value is -2.15. The largest absolute Gasteiger partial charge is 0.462 e. The first-order valence-corrected chi connectivity index (χ1v) is 7.37. The smallest absolute Gasteiger partial charge is 0.320 e. The second-order valence-electron chi connectivity index (χ2n) is 5.58. The van der Waals surface area contributed by atoms with Gasteiger partial charge >= 0.3 is 5.97 Å². The molecular formula is C15H21N3O4. The van der Waals surface area contributed by atoms with Crippen LogP contribution in [0.3, 0.4) is 0 Å². The second kappa shape index (κ2) is 7.22. The van der Waals surface area contributed by atoms with Crippen molar-refractivity contribution < 1.29 is 14.5 Å². The third kappa shape index (κ3) is 4.42. The molecule has 7 nitrogen and oxygen atoms in total. The molecule has 1 aliphatic rings. The Kier molecular flexibility index (Phi) is 5.32. The van der Waals surface area contributed by atoms with Gasteiger partial charge in [0.05, 0.1) is 17.6 Å². The molecule has 0 atom stereocenters. The average molecular weight is 307 g/mol. The molecule has 22 heavy (non-hydrogen) atoms. The van der Waals surface area contributed by atoms with Crippen molar-refractivity contribution >= 4 is 17.3 Å². The lowest BCUT2D eigenvalue weighted by atomic mass is 10.2. The number of nitro benzene ring substituents is 1. The molecule has 1 aromatic carbocycles. The van der Waals surface area contributed by atoms with Crippen LogP contribution in [-0.4, -0.2) is 54.6 Å². The number of carbonyl (C=O) groups excluding carboxylic acids is 1. The van der Waals surface area contributed by atoms with Gasteiger partial charge in [0.15, 0.2) is 0 Å². The molecule has 120 valence electrons. The summed E-state index contributed by atoms with van der Waals surface area (Å²) in [4.78, 5) is 26.2. The second-order valence-corrected chi connectivity index (χ2v) is 5.58. The molecule has 2 rings (SSSR count). The van der Waals surface area contributed by atoms with E-state index in [9.17, 15) is 14.9 Å². The number of nitrogens with zero attached hydrogens (tertiary/aromatic N) is 3. The summed E-state index contributed by atoms with van der Waals surface area (Å²) in [6.07, 6.45) is -0.0985. The zero-order chi connectivity index (χ0) is 16.1. The van der Waals surface area contributed by atoms with Crippen LogP contribution in [0.5, 0.6) is 0 Å². The molecule has 0 bridgehead atoms. The first kappa shape index (κ1) is 16.2. The Balaban J connectivity index is 1.88. The molecule has 7 heteroatoms. The molecule has 0 N–H and O–H groups in total. The van der Waals surface area contributed by atoms with E-state index in [0.29, 0.717) is 6.54 Å². The lowest BCUT2D eigenvalue weighted by Gasteiger charge is -2.35. The summed E-state index contributed by atoms with van der Waals surface area (Å²) in [6.45, 7) is 6.88. The lowest BCUT2D eigenvalue weighted by molar-refractivity contribution is -0.384. The number of ether oxygens (including phenoxy) is 1. The summed E-state index contributed by atoms with van der Waals surface area (Å²) in [6, 6.07) is 6.64. The summed E-state index contributed by atoms with van der Waals surface area (Å²) < 4.78 is 5.14. The average Bonchev–Trinajstić information content (AvgIpc) is 2.47. The predicted molar refractivity (Wildman–Crippen MR) is 83.0 cm³/mol. The maximum absolute atomic E-state index is 11.6. The molecule has 0 aliphatic carbocycles. The van der Waals surface area contributed by atoms with Crippen LogP contribution in [0.2, 0.25) is 0 Å². The quantitative estimate of drug-likeness (QED) is 0.468. The number of benzene rings is 1. The van der Waals surface area contributed by atoms with Crippen molar-refractivity contribution in [2.75, 3.05) is 37.6 Å². The highest BCUT2D eigenvalue weighted by Crippen LogP contribution is 2.22. The molecule has 0 aromatic heterocycles. The molecule has 0 amide bonds. The fourth-order valence-corrected chi connectivity index (χ4v) is 2.45. The van der Waals surface area contributed by atoms with Crippen molar-refractivity contribution in [2.45, 2.75) is 20.0 Å². The minimum atomic E-state index is -0.387. The van der Waals surface area contributed by atoms with E-state index < -0.39 is 0 Å². The summed E-state index contributed by atoms with van der Waals surface area (Å²) in [7, 11) is 0. The highest BCUT2D eigenvalue weighted by Gasteiger charge is 2.21. The van der Waals surface area contributed by atoms with Crippen LogP contribution < -0.4 is 4.90 Å². The van der Waals surface area contributed by atoms with Gasteiger partial charge in [0.25, 0.3) is 5.69 Å². The summed E-state index contributed by atoms with van der Waals surface area (Å²) in [5.41, 5.74) is 0.944. The van der Waals surface area contributed by atoms with E-state index >= 15 is 0 Å². The van der Waals surface area contributed by atoms with Crippen LogP contribution in [0.1, 0.15) is 13.8 Å². The zero-order valence-electron chi connectivity index (χ0n) is 12.9. The standard InChI is InChI=1S/C15H21N3O4/c1-12(2)22-15(19)11-16-6-8-17(9-7-16)13-4-3-5-14(10-13)18(20)21/h3-5,10,12H,6-9,11H2,1-2H3. The van der Waals surface area contributed by atoms with E-state index in [2.05, 4.69) is 4.90 Å². The SMILES string of the molecule is CC(C)OC(=O)CN1CCN(c2cccc([N+](=O)[O-])c2)CC1. The van der Waals surface area contributed by atoms with Gasteiger partial charge in [-0.05, 0) is 19.9 Å². The maximum atomic E-state index is 11.6. The molecule has 1 saturated heterocycles. The van der Waals surface area contributed by atoms with Crippen molar-refractivity contribution in [1.82, 2.24) is 4.90 Å². The fraction of sp³-hybridized carbons (Fsp3) is 0.533. The first-order chi connectivity index (χ1) is 10.5. The Morgan fingerprint density at radius 2 is 2.00 bits per heavy atom. The molecular weight excluding hydrogens is 286 g/mol. The van der Waals surface area contributed by atoms with E-state index in [4.69, 9.17) is 4.74 Å². The number of anilines is 1. The number of hydrogen-bond acceptors (Lipinski definition) is 6. The van der Waals surface area contributed by atoms with Gasteiger partial charge in [-0.25, -0.2) is 0 Å². The van der Waals surface area contributed by atoms with Crippen molar-refractivity contribution in [3.63, 3.8) is 0 Å². The van der Waals surface area contributed by atoms with E-state index in [1.165, 1.54) is 6.07 Å². The Bertz CT molecular complexity index is 539. The highest BCUT2D eigenvalue weighted by molar-refractivity contribution is 5.71. The Morgan fingerprint density at radius 3 is 2.59 bits per heavy atom. The number of rotatable bonds is 5. The molecule has 1 aromatic rings. The topological polar surface area (TPSA) is 75.9 Å². The number of non-ortho nitro benzene ring substituents is 1. The first-order valence-electron chi connectivity index (χ1n) is 7.37. The molecule has 1 heterocycles. The van der Waals surface area contributed by atoms with E-state index in [1.807, 2.05) is 24.8 Å². The minimum Gasteiger partial charge on any atom is -0.462 e. The zero-order valence-corrected chi connectivity index (χ0v) is 12.9. The van der Waals surface area contributed by atoms with Gasteiger partial charge in [-0.3, -0.25) is 19.8 Å². The lowest BCUT2D eigenvalue weighted by Crippen LogP contribution is -2.48. The number of esters is 1. The third-order valence-corrected chi connectivity index (χ3v) is 3.50. The van der Waals surface area contributed by atoms with Crippen LogP contribution in [-0.2, 0) is 9.53 Å². The van der Waals surface area contributed by atoms with E-state index in [0.717, 1.165) is 31.9 Å². The molecule has 1 aliphatic heterocycles. The Morgan fingerprint density at radius 1 is 1.32 bits per heavy atom. The molecule has 0 spiro atoms. The highest BCUT2D eigenvalue weighted by atomic mass is 16.6. The van der Waals surface area contributed by atoms with Crippen LogP contribution in [0.4, 0.5) is 11.4 Å². The van der Waals surface area contributed by atoms with Crippen molar-refractivity contribution in [1.29, 1.82) is 0 Å². The minimum absolute atomic E-state index is 0.0976. The number of hydrogen-bond donors (Lipinski definition) is 0. The van der Waals surface area contributed by atoms with E-state index in [-0.39, 0.29) is 22.7 Å². The van der Waals surface area contributed by atoms with Crippen LogP contribution in [0, 0.1) is 10.1 Å². The fourth-order valence-electron chi connectivity index (χ4n) is 2.45. The summed E-state index contributed by atoms with van der Waals surface area (Å²) >= 11 is 0. The molecule has 1 fully saturated rings. The summed E-state index contributed by atoms with van der Waals surface area (Å²) in [5, 5.41) is 10.8. The van der Waals surface area contributed by atoms with Gasteiger partial charge in [0.1, 0.15) is 0 Å². The number of nitro groups is 1. The molecule has 0 radical (unpaired) electrons. The third-order valence-electron chi connectivity index (χ3n) is 3.50. The normalized spacial score (nSPS) is 15.9. The van der Waals surface area contributed by atoms with Crippen molar-refractivity contribution in [3.05, 3.63) is 34.4 Å². The van der Waals surface area contributed by atoms with Crippen molar-refractivity contribution in [2.24, 2.45) is 0 Å². The van der Waals surface area contributed by atoms with Crippen LogP contribution >= 0.6 is 0 Å². The van der Waals surface area contributed by atoms with Crippen LogP contribution in [0.25, 0.3) is 0 Å². The molecule has 0 unspecified atom stereocenters. The van der Waals surface area contributed by atoms with Gasteiger partial charge < -0.3 is 9.64 Å². The van der Waals surface area contributed by atoms with E-state index in [1.54, 1.807) is 12.1 Å². The van der Waals surface area contributed by atoms with Gasteiger partial charge in [-0.1, -0.05) is 6.07 Å². The molecule has 0 saturated carbocycles. The summed E-state index contributed by atoms with van der Waals surface area (Å²) in [5.74, 6) is -0.209. The predicted octanol–water partition coefficient (Wildman–Crippen LogP) is 1.67. The monoisotopic (exact) mass is 307 g/mol. The Labute approximate surface area is 129 Å². The maximum Gasteiger partial charge on any atom is 0.320 e. The van der Waals surface area contributed by atoms with Gasteiger partial charge in [0, 0.05) is 44.0 Å². The van der Waals surface area contributed by atoms with Crippen molar-refractivity contribution in [3.8, 4) is 0 Å². The number of carbonyl (C=O) groups is 1. The van der Waals surface area contributed by atoms with Gasteiger partial charge in [-0.15, -0.1) is 0 Å². The van der Waals surface area contributed by atoms with Crippen LogP contribution in [0.15, 0.2) is 24.3 Å².